The molecule has 1 amide bonds. The van der Waals surface area contributed by atoms with E-state index in [9.17, 15) is 9.59 Å². The van der Waals surface area contributed by atoms with E-state index >= 15 is 0 Å². The summed E-state index contributed by atoms with van der Waals surface area (Å²) in [5, 5.41) is 11.6. The molecule has 2 rings (SSSR count). The number of benzene rings is 2. The van der Waals surface area contributed by atoms with Crippen LogP contribution in [-0.4, -0.2) is 24.6 Å². The van der Waals surface area contributed by atoms with Crippen LogP contribution in [0.5, 0.6) is 5.75 Å². The minimum Gasteiger partial charge on any atom is -0.479 e. The Morgan fingerprint density at radius 1 is 1.24 bits per heavy atom. The fourth-order valence-electron chi connectivity index (χ4n) is 1.89. The summed E-state index contributed by atoms with van der Waals surface area (Å²) >= 11 is 5.88. The van der Waals surface area contributed by atoms with Crippen molar-refractivity contribution in [1.29, 1.82) is 5.26 Å². The zero-order chi connectivity index (χ0) is 18.2. The van der Waals surface area contributed by atoms with Crippen LogP contribution in [0.3, 0.4) is 0 Å². The minimum absolute atomic E-state index is 0.224. The Hall–Kier alpha value is -3.04. The van der Waals surface area contributed by atoms with E-state index < -0.39 is 24.6 Å². The summed E-state index contributed by atoms with van der Waals surface area (Å²) < 4.78 is 10.3. The molecule has 0 aliphatic heterocycles. The van der Waals surface area contributed by atoms with Crippen molar-refractivity contribution in [2.24, 2.45) is 0 Å². The smallest absolute Gasteiger partial charge is 0.347 e. The molecule has 0 radical (unpaired) electrons. The van der Waals surface area contributed by atoms with E-state index in [1.807, 2.05) is 12.1 Å². The molecule has 25 heavy (non-hydrogen) atoms. The number of hydrogen-bond acceptors (Lipinski definition) is 5. The molecule has 0 spiro atoms. The summed E-state index contributed by atoms with van der Waals surface area (Å²) in [5.74, 6) is -0.651. The third-order valence-electron chi connectivity index (χ3n) is 3.11. The van der Waals surface area contributed by atoms with Crippen molar-refractivity contribution in [3.63, 3.8) is 0 Å². The first kappa shape index (κ1) is 18.3. The number of hydrogen-bond donors (Lipinski definition) is 1. The fraction of sp³-hybridized carbons (Fsp3) is 0.167. The van der Waals surface area contributed by atoms with Crippen LogP contribution in [0.4, 0.5) is 5.69 Å². The normalized spacial score (nSPS) is 11.1. The van der Waals surface area contributed by atoms with Crippen LogP contribution < -0.4 is 10.1 Å². The maximum Gasteiger partial charge on any atom is 0.347 e. The molecule has 1 atom stereocenters. The van der Waals surface area contributed by atoms with E-state index in [2.05, 4.69) is 5.32 Å². The number of halogens is 1. The highest BCUT2D eigenvalue weighted by Crippen LogP contribution is 2.20. The number of ether oxygens (including phenoxy) is 2. The first-order valence-corrected chi connectivity index (χ1v) is 7.75. The Kier molecular flexibility index (Phi) is 6.38. The van der Waals surface area contributed by atoms with E-state index in [0.717, 1.165) is 0 Å². The van der Waals surface area contributed by atoms with Crippen molar-refractivity contribution in [1.82, 2.24) is 0 Å². The summed E-state index contributed by atoms with van der Waals surface area (Å²) in [6.45, 7) is 1.08. The molecular formula is C18H15ClN2O4. The third kappa shape index (κ3) is 5.52. The van der Waals surface area contributed by atoms with Crippen LogP contribution in [0.1, 0.15) is 12.5 Å². The number of para-hydroxylation sites is 1. The SMILES string of the molecule is C[C@@H](Oc1ccccc1)C(=O)OCC(=O)Nc1ccc(C#N)c(Cl)c1. The van der Waals surface area contributed by atoms with Gasteiger partial charge in [0.25, 0.3) is 5.91 Å². The van der Waals surface area contributed by atoms with Gasteiger partial charge in [0.15, 0.2) is 12.7 Å². The fourth-order valence-corrected chi connectivity index (χ4v) is 2.11. The molecule has 0 aliphatic rings. The standard InChI is InChI=1S/C18H15ClN2O4/c1-12(25-15-5-3-2-4-6-15)18(23)24-11-17(22)21-14-8-7-13(10-20)16(19)9-14/h2-9,12H,11H2,1H3,(H,21,22)/t12-/m1/s1. The van der Waals surface area contributed by atoms with Gasteiger partial charge in [0.1, 0.15) is 11.8 Å². The lowest BCUT2D eigenvalue weighted by Crippen LogP contribution is -2.29. The van der Waals surface area contributed by atoms with Crippen molar-refractivity contribution in [3.05, 3.63) is 59.1 Å². The van der Waals surface area contributed by atoms with Gasteiger partial charge < -0.3 is 14.8 Å². The van der Waals surface area contributed by atoms with Crippen molar-refractivity contribution < 1.29 is 19.1 Å². The average molecular weight is 359 g/mol. The first-order valence-electron chi connectivity index (χ1n) is 7.37. The van der Waals surface area contributed by atoms with Crippen molar-refractivity contribution in [2.45, 2.75) is 13.0 Å². The van der Waals surface area contributed by atoms with Crippen LogP contribution in [0.2, 0.25) is 5.02 Å². The summed E-state index contributed by atoms with van der Waals surface area (Å²) in [4.78, 5) is 23.7. The van der Waals surface area contributed by atoms with Crippen LogP contribution >= 0.6 is 11.6 Å². The highest BCUT2D eigenvalue weighted by molar-refractivity contribution is 6.32. The summed E-state index contributed by atoms with van der Waals surface area (Å²) in [6.07, 6.45) is -0.848. The lowest BCUT2D eigenvalue weighted by atomic mass is 10.2. The largest absolute Gasteiger partial charge is 0.479 e. The lowest BCUT2D eigenvalue weighted by Gasteiger charge is -2.14. The molecule has 1 N–H and O–H groups in total. The highest BCUT2D eigenvalue weighted by atomic mass is 35.5. The maximum atomic E-state index is 11.9. The van der Waals surface area contributed by atoms with Gasteiger partial charge in [0, 0.05) is 5.69 Å². The molecule has 0 aromatic heterocycles. The molecular weight excluding hydrogens is 344 g/mol. The highest BCUT2D eigenvalue weighted by Gasteiger charge is 2.18. The van der Waals surface area contributed by atoms with Gasteiger partial charge in [-0.3, -0.25) is 4.79 Å². The van der Waals surface area contributed by atoms with Gasteiger partial charge in [-0.25, -0.2) is 4.79 Å². The van der Waals surface area contributed by atoms with Gasteiger partial charge in [0.05, 0.1) is 10.6 Å². The molecule has 0 bridgehead atoms. The number of esters is 1. The number of nitrogens with one attached hydrogen (secondary N) is 1. The Morgan fingerprint density at radius 2 is 1.96 bits per heavy atom. The van der Waals surface area contributed by atoms with E-state index in [1.54, 1.807) is 24.3 Å². The van der Waals surface area contributed by atoms with Gasteiger partial charge in [-0.2, -0.15) is 5.26 Å². The summed E-state index contributed by atoms with van der Waals surface area (Å²) in [6, 6.07) is 15.2. The van der Waals surface area contributed by atoms with E-state index in [4.69, 9.17) is 26.3 Å². The van der Waals surface area contributed by atoms with Gasteiger partial charge in [0.2, 0.25) is 0 Å². The Bertz CT molecular complexity index is 802. The van der Waals surface area contributed by atoms with Crippen molar-refractivity contribution in [3.8, 4) is 11.8 Å². The number of nitriles is 1. The number of carbonyl (C=O) groups excluding carboxylic acids is 2. The number of nitrogens with zero attached hydrogens (tertiary/aromatic N) is 1. The molecule has 128 valence electrons. The topological polar surface area (TPSA) is 88.4 Å². The maximum absolute atomic E-state index is 11.9. The minimum atomic E-state index is -0.848. The second-order valence-electron chi connectivity index (χ2n) is 5.04. The molecule has 2 aromatic rings. The molecule has 0 fully saturated rings. The van der Waals surface area contributed by atoms with Gasteiger partial charge in [-0.1, -0.05) is 29.8 Å². The zero-order valence-corrected chi connectivity index (χ0v) is 14.1. The second kappa shape index (κ2) is 8.71. The number of carbonyl (C=O) groups is 2. The average Bonchev–Trinajstić information content (AvgIpc) is 2.60. The van der Waals surface area contributed by atoms with Crippen molar-refractivity contribution in [2.75, 3.05) is 11.9 Å². The second-order valence-corrected chi connectivity index (χ2v) is 5.44. The predicted molar refractivity (Wildman–Crippen MR) is 92.3 cm³/mol. The molecule has 2 aromatic carbocycles. The van der Waals surface area contributed by atoms with Crippen LogP contribution in [-0.2, 0) is 14.3 Å². The van der Waals surface area contributed by atoms with Crippen LogP contribution in [0, 0.1) is 11.3 Å². The number of amides is 1. The molecule has 0 heterocycles. The third-order valence-corrected chi connectivity index (χ3v) is 3.42. The van der Waals surface area contributed by atoms with Crippen molar-refractivity contribution >= 4 is 29.2 Å². The van der Waals surface area contributed by atoms with Gasteiger partial charge >= 0.3 is 5.97 Å². The van der Waals surface area contributed by atoms with Crippen LogP contribution in [0.15, 0.2) is 48.5 Å². The lowest BCUT2D eigenvalue weighted by molar-refractivity contribution is -0.153. The molecule has 7 heteroatoms. The Labute approximate surface area is 149 Å². The zero-order valence-electron chi connectivity index (χ0n) is 13.4. The quantitative estimate of drug-likeness (QED) is 0.801. The monoisotopic (exact) mass is 358 g/mol. The molecule has 0 aliphatic carbocycles. The Balaban J connectivity index is 1.82. The van der Waals surface area contributed by atoms with Gasteiger partial charge in [-0.15, -0.1) is 0 Å². The molecule has 6 nitrogen and oxygen atoms in total. The van der Waals surface area contributed by atoms with E-state index in [-0.39, 0.29) is 5.02 Å². The number of rotatable bonds is 6. The Morgan fingerprint density at radius 3 is 2.60 bits per heavy atom. The molecule has 0 saturated carbocycles. The van der Waals surface area contributed by atoms with Gasteiger partial charge in [-0.05, 0) is 37.3 Å². The molecule has 0 saturated heterocycles. The van der Waals surface area contributed by atoms with E-state index in [0.29, 0.717) is 17.0 Å². The first-order chi connectivity index (χ1) is 12.0. The predicted octanol–water partition coefficient (Wildman–Crippen LogP) is 3.16. The van der Waals surface area contributed by atoms with E-state index in [1.165, 1.54) is 25.1 Å². The number of anilines is 1. The summed E-state index contributed by atoms with van der Waals surface area (Å²) in [5.41, 5.74) is 0.705. The molecule has 0 unspecified atom stereocenters. The van der Waals surface area contributed by atoms with Crippen LogP contribution in [0.25, 0.3) is 0 Å². The summed E-state index contributed by atoms with van der Waals surface area (Å²) in [7, 11) is 0.